The van der Waals surface area contributed by atoms with Crippen LogP contribution in [0.25, 0.3) is 11.0 Å². The second-order valence-corrected chi connectivity index (χ2v) is 10.8. The number of likely N-dealkylation sites (tertiary alicyclic amines) is 1. The lowest BCUT2D eigenvalue weighted by Crippen LogP contribution is -2.40. The molecule has 1 unspecified atom stereocenters. The zero-order valence-electron chi connectivity index (χ0n) is 21.7. The van der Waals surface area contributed by atoms with E-state index in [4.69, 9.17) is 4.74 Å². The van der Waals surface area contributed by atoms with Gasteiger partial charge in [0.25, 0.3) is 0 Å². The van der Waals surface area contributed by atoms with Gasteiger partial charge in [0, 0.05) is 25.2 Å². The lowest BCUT2D eigenvalue weighted by Gasteiger charge is -2.29. The number of aryl methyl sites for hydroxylation is 1. The molecule has 1 aliphatic carbocycles. The van der Waals surface area contributed by atoms with Gasteiger partial charge in [-0.05, 0) is 67.0 Å². The fraction of sp³-hybridized carbons (Fsp3) is 0.355. The molecule has 1 saturated heterocycles. The lowest BCUT2D eigenvalue weighted by atomic mass is 9.86. The monoisotopic (exact) mass is 524 g/mol. The predicted octanol–water partition coefficient (Wildman–Crippen LogP) is 3.82. The molecule has 0 amide bonds. The van der Waals surface area contributed by atoms with Crippen molar-refractivity contribution < 1.29 is 19.4 Å². The lowest BCUT2D eigenvalue weighted by molar-refractivity contribution is -0.168. The molecule has 0 bridgehead atoms. The molecule has 1 aromatic heterocycles. The molecule has 2 aliphatic rings. The van der Waals surface area contributed by atoms with Crippen molar-refractivity contribution in [1.29, 1.82) is 0 Å². The number of esters is 1. The van der Waals surface area contributed by atoms with Crippen LogP contribution in [0.5, 0.6) is 0 Å². The van der Waals surface area contributed by atoms with Gasteiger partial charge in [-0.3, -0.25) is 4.79 Å². The van der Waals surface area contributed by atoms with Crippen molar-refractivity contribution in [2.45, 2.75) is 37.5 Å². The van der Waals surface area contributed by atoms with E-state index in [1.807, 2.05) is 47.1 Å². The predicted molar refractivity (Wildman–Crippen MR) is 146 cm³/mol. The first-order chi connectivity index (χ1) is 19.0. The molecular formula is C31H32N4O4. The molecule has 4 aromatic rings. The average molecular weight is 525 g/mol. The molecule has 8 heteroatoms. The van der Waals surface area contributed by atoms with Crippen LogP contribution in [0.2, 0.25) is 0 Å². The van der Waals surface area contributed by atoms with Gasteiger partial charge in [-0.25, -0.2) is 9.48 Å². The highest BCUT2D eigenvalue weighted by Gasteiger charge is 2.46. The third kappa shape index (κ3) is 4.97. The SMILES string of the molecule is O=Cc1ccc2c(c1)nnn2CCCN1C[C@H]2CC(OC(=O)C(O)(c3ccccc3)c3ccccc3)C[C@H]2C1. The van der Waals surface area contributed by atoms with Crippen molar-refractivity contribution >= 4 is 23.3 Å². The highest BCUT2D eigenvalue weighted by Crippen LogP contribution is 2.41. The Bertz CT molecular complexity index is 1400. The van der Waals surface area contributed by atoms with Gasteiger partial charge in [0.1, 0.15) is 17.9 Å². The number of carbonyl (C=O) groups excluding carboxylic acids is 2. The fourth-order valence-electron chi connectivity index (χ4n) is 6.29. The smallest absolute Gasteiger partial charge is 0.347 e. The highest BCUT2D eigenvalue weighted by atomic mass is 16.6. The first kappa shape index (κ1) is 25.4. The van der Waals surface area contributed by atoms with Gasteiger partial charge in [-0.2, -0.15) is 0 Å². The van der Waals surface area contributed by atoms with Crippen LogP contribution in [-0.4, -0.2) is 63.0 Å². The number of hydrogen-bond donors (Lipinski definition) is 1. The molecule has 2 fully saturated rings. The normalized spacial score (nSPS) is 21.2. The summed E-state index contributed by atoms with van der Waals surface area (Å²) in [6, 6.07) is 23.5. The van der Waals surface area contributed by atoms with E-state index in [9.17, 15) is 14.7 Å². The van der Waals surface area contributed by atoms with Gasteiger partial charge in [-0.15, -0.1) is 5.10 Å². The van der Waals surface area contributed by atoms with Gasteiger partial charge in [-0.1, -0.05) is 65.9 Å². The highest BCUT2D eigenvalue weighted by molar-refractivity contribution is 5.86. The van der Waals surface area contributed by atoms with Crippen molar-refractivity contribution in [1.82, 2.24) is 19.9 Å². The van der Waals surface area contributed by atoms with Gasteiger partial charge in [0.2, 0.25) is 5.60 Å². The molecule has 0 radical (unpaired) electrons. The van der Waals surface area contributed by atoms with Crippen molar-refractivity contribution in [2.24, 2.45) is 11.8 Å². The summed E-state index contributed by atoms with van der Waals surface area (Å²) in [5.41, 5.74) is 1.46. The summed E-state index contributed by atoms with van der Waals surface area (Å²) in [7, 11) is 0. The minimum atomic E-state index is -1.84. The van der Waals surface area contributed by atoms with Gasteiger partial charge in [0.05, 0.1) is 5.52 Å². The Hall–Kier alpha value is -3.88. The summed E-state index contributed by atoms with van der Waals surface area (Å²) in [5.74, 6) is 0.360. The summed E-state index contributed by atoms with van der Waals surface area (Å²) < 4.78 is 7.90. The number of ether oxygens (including phenoxy) is 1. The third-order valence-corrected chi connectivity index (χ3v) is 8.25. The van der Waals surface area contributed by atoms with E-state index in [-0.39, 0.29) is 6.10 Å². The van der Waals surface area contributed by atoms with Crippen molar-refractivity contribution in [3.63, 3.8) is 0 Å². The summed E-state index contributed by atoms with van der Waals surface area (Å²) in [4.78, 5) is 27.0. The first-order valence-corrected chi connectivity index (χ1v) is 13.6. The van der Waals surface area contributed by atoms with Crippen LogP contribution >= 0.6 is 0 Å². The Morgan fingerprint density at radius 3 is 2.21 bits per heavy atom. The number of nitrogens with zero attached hydrogens (tertiary/aromatic N) is 4. The van der Waals surface area contributed by atoms with E-state index in [2.05, 4.69) is 15.2 Å². The van der Waals surface area contributed by atoms with Crippen LogP contribution in [0.3, 0.4) is 0 Å². The summed E-state index contributed by atoms with van der Waals surface area (Å²) in [6.07, 6.45) is 3.22. The molecule has 1 aliphatic heterocycles. The van der Waals surface area contributed by atoms with E-state index < -0.39 is 11.6 Å². The molecular weight excluding hydrogens is 492 g/mol. The van der Waals surface area contributed by atoms with Crippen LogP contribution in [-0.2, 0) is 21.7 Å². The molecule has 1 saturated carbocycles. The Morgan fingerprint density at radius 1 is 0.949 bits per heavy atom. The zero-order valence-corrected chi connectivity index (χ0v) is 21.7. The van der Waals surface area contributed by atoms with E-state index in [1.54, 1.807) is 36.4 Å². The van der Waals surface area contributed by atoms with Crippen LogP contribution in [0.1, 0.15) is 40.7 Å². The van der Waals surface area contributed by atoms with E-state index in [0.29, 0.717) is 28.5 Å². The standard InChI is InChI=1S/C31H32N4O4/c36-21-22-12-13-29-28(16-22)32-33-35(29)15-7-14-34-19-23-17-27(18-24(23)20-34)39-30(37)31(38,25-8-3-1-4-9-25)26-10-5-2-6-11-26/h1-6,8-13,16,21,23-24,27,38H,7,14-15,17-20H2/t23-,24+,27?. The van der Waals surface area contributed by atoms with Crippen LogP contribution < -0.4 is 0 Å². The minimum absolute atomic E-state index is 0.189. The van der Waals surface area contributed by atoms with Crippen LogP contribution in [0.4, 0.5) is 0 Å². The Labute approximate surface area is 227 Å². The summed E-state index contributed by atoms with van der Waals surface area (Å²) in [5, 5.41) is 20.1. The number of fused-ring (bicyclic) bond motifs is 2. The zero-order chi connectivity index (χ0) is 26.8. The van der Waals surface area contributed by atoms with Crippen LogP contribution in [0, 0.1) is 11.8 Å². The van der Waals surface area contributed by atoms with Crippen molar-refractivity contribution in [3.05, 3.63) is 95.6 Å². The second-order valence-electron chi connectivity index (χ2n) is 10.8. The number of carbonyl (C=O) groups is 2. The molecule has 1 N–H and O–H groups in total. The molecule has 200 valence electrons. The third-order valence-electron chi connectivity index (χ3n) is 8.25. The largest absolute Gasteiger partial charge is 0.460 e. The molecule has 2 heterocycles. The second kappa shape index (κ2) is 10.7. The first-order valence-electron chi connectivity index (χ1n) is 13.6. The maximum atomic E-state index is 13.5. The molecule has 8 nitrogen and oxygen atoms in total. The van der Waals surface area contributed by atoms with Gasteiger partial charge in [0.15, 0.2) is 0 Å². The quantitative estimate of drug-likeness (QED) is 0.263. The minimum Gasteiger partial charge on any atom is -0.460 e. The maximum absolute atomic E-state index is 13.5. The Kier molecular flexibility index (Phi) is 6.97. The number of benzene rings is 3. The molecule has 3 aromatic carbocycles. The van der Waals surface area contributed by atoms with Gasteiger partial charge >= 0.3 is 5.97 Å². The Morgan fingerprint density at radius 2 is 1.59 bits per heavy atom. The summed E-state index contributed by atoms with van der Waals surface area (Å²) >= 11 is 0. The maximum Gasteiger partial charge on any atom is 0.347 e. The van der Waals surface area contributed by atoms with Crippen molar-refractivity contribution in [3.8, 4) is 0 Å². The number of aliphatic hydroxyl groups is 1. The van der Waals surface area contributed by atoms with E-state index >= 15 is 0 Å². The van der Waals surface area contributed by atoms with Crippen LogP contribution in [0.15, 0.2) is 78.9 Å². The van der Waals surface area contributed by atoms with Gasteiger partial charge < -0.3 is 14.7 Å². The topological polar surface area (TPSA) is 97.5 Å². The van der Waals surface area contributed by atoms with E-state index in [1.165, 1.54) is 0 Å². The number of hydrogen-bond acceptors (Lipinski definition) is 7. The molecule has 6 rings (SSSR count). The number of rotatable bonds is 9. The number of aldehydes is 1. The van der Waals surface area contributed by atoms with E-state index in [0.717, 1.165) is 62.8 Å². The molecule has 0 spiro atoms. The average Bonchev–Trinajstić information content (AvgIpc) is 3.66. The van der Waals surface area contributed by atoms with Crippen molar-refractivity contribution in [2.75, 3.05) is 19.6 Å². The summed E-state index contributed by atoms with van der Waals surface area (Å²) in [6.45, 7) is 3.70. The molecule has 3 atom stereocenters. The fourth-order valence-corrected chi connectivity index (χ4v) is 6.29. The molecule has 39 heavy (non-hydrogen) atoms. The Balaban J connectivity index is 1.03. The number of aromatic nitrogens is 3.